The Morgan fingerprint density at radius 3 is 2.57 bits per heavy atom. The highest BCUT2D eigenvalue weighted by molar-refractivity contribution is 14.0. The van der Waals surface area contributed by atoms with Gasteiger partial charge in [0.25, 0.3) is 0 Å². The van der Waals surface area contributed by atoms with Gasteiger partial charge in [-0.05, 0) is 32.0 Å². The summed E-state index contributed by atoms with van der Waals surface area (Å²) in [7, 11) is 1.69. The van der Waals surface area contributed by atoms with Crippen LogP contribution >= 0.6 is 24.0 Å². The third kappa shape index (κ3) is 7.24. The number of hydrogen-bond donors (Lipinski definition) is 2. The highest BCUT2D eigenvalue weighted by Crippen LogP contribution is 2.10. The number of guanidine groups is 1. The Morgan fingerprint density at radius 2 is 2.00 bits per heavy atom. The standard InChI is InChI=1S/C19H27FN6O.HI/c1-14(2)24-18(27)13-25-6-8-26(9-7-25)19(22-3)23-12-16-10-15(11-21)4-5-17(16)20;/h4-5,10,14H,6-9,12-13H2,1-3H3,(H,22,23)(H,24,27);1H. The van der Waals surface area contributed by atoms with Crippen LogP contribution in [0.5, 0.6) is 0 Å². The fraction of sp³-hybridized carbons (Fsp3) is 0.526. The summed E-state index contributed by atoms with van der Waals surface area (Å²) < 4.78 is 13.9. The zero-order valence-corrected chi connectivity index (χ0v) is 18.9. The molecule has 0 bridgehead atoms. The molecule has 0 atom stereocenters. The van der Waals surface area contributed by atoms with E-state index in [2.05, 4.69) is 25.4 Å². The summed E-state index contributed by atoms with van der Waals surface area (Å²) in [6.07, 6.45) is 0. The van der Waals surface area contributed by atoms with E-state index in [4.69, 9.17) is 5.26 Å². The molecule has 154 valence electrons. The highest BCUT2D eigenvalue weighted by Gasteiger charge is 2.21. The molecule has 0 aliphatic carbocycles. The molecule has 0 radical (unpaired) electrons. The molecule has 1 fully saturated rings. The first-order chi connectivity index (χ1) is 12.9. The van der Waals surface area contributed by atoms with Crippen molar-refractivity contribution in [1.29, 1.82) is 5.26 Å². The van der Waals surface area contributed by atoms with Crippen LogP contribution in [0.2, 0.25) is 0 Å². The molecule has 2 N–H and O–H groups in total. The molecule has 0 aromatic heterocycles. The first-order valence-corrected chi connectivity index (χ1v) is 9.08. The monoisotopic (exact) mass is 502 g/mol. The lowest BCUT2D eigenvalue weighted by molar-refractivity contribution is -0.123. The lowest BCUT2D eigenvalue weighted by Crippen LogP contribution is -2.54. The zero-order valence-electron chi connectivity index (χ0n) is 16.5. The van der Waals surface area contributed by atoms with Gasteiger partial charge in [0, 0.05) is 51.4 Å². The van der Waals surface area contributed by atoms with Gasteiger partial charge in [0.15, 0.2) is 5.96 Å². The van der Waals surface area contributed by atoms with Gasteiger partial charge in [0.05, 0.1) is 18.2 Å². The van der Waals surface area contributed by atoms with E-state index in [1.54, 1.807) is 13.1 Å². The van der Waals surface area contributed by atoms with Crippen LogP contribution < -0.4 is 10.6 Å². The average molecular weight is 502 g/mol. The SMILES string of the molecule is CN=C(NCc1cc(C#N)ccc1F)N1CCN(CC(=O)NC(C)C)CC1.I. The molecule has 9 heteroatoms. The number of amides is 1. The molecular formula is C19H28FIN6O. The Labute approximate surface area is 183 Å². The average Bonchev–Trinajstić information content (AvgIpc) is 2.64. The molecule has 1 aliphatic heterocycles. The number of nitrogens with one attached hydrogen (secondary N) is 2. The van der Waals surface area contributed by atoms with E-state index in [-0.39, 0.29) is 48.3 Å². The molecule has 1 aromatic rings. The Hall–Kier alpha value is -1.93. The summed E-state index contributed by atoms with van der Waals surface area (Å²) in [6.45, 7) is 7.51. The van der Waals surface area contributed by atoms with Crippen LogP contribution in [0.25, 0.3) is 0 Å². The fourth-order valence-corrected chi connectivity index (χ4v) is 2.97. The topological polar surface area (TPSA) is 83.8 Å². The lowest BCUT2D eigenvalue weighted by Gasteiger charge is -2.36. The normalized spacial score (nSPS) is 15.0. The van der Waals surface area contributed by atoms with Gasteiger partial charge in [-0.3, -0.25) is 14.7 Å². The second kappa shape index (κ2) is 11.8. The molecule has 1 saturated heterocycles. The van der Waals surface area contributed by atoms with Crippen LogP contribution in [0, 0.1) is 17.1 Å². The second-order valence-electron chi connectivity index (χ2n) is 6.80. The Kier molecular flexibility index (Phi) is 10.2. The van der Waals surface area contributed by atoms with Gasteiger partial charge in [-0.15, -0.1) is 24.0 Å². The van der Waals surface area contributed by atoms with Crippen molar-refractivity contribution < 1.29 is 9.18 Å². The Bertz CT molecular complexity index is 726. The van der Waals surface area contributed by atoms with Crippen molar-refractivity contribution in [2.75, 3.05) is 39.8 Å². The van der Waals surface area contributed by atoms with Crippen molar-refractivity contribution in [2.24, 2.45) is 4.99 Å². The lowest BCUT2D eigenvalue weighted by atomic mass is 10.1. The van der Waals surface area contributed by atoms with E-state index in [0.29, 0.717) is 23.6 Å². The van der Waals surface area contributed by atoms with Crippen LogP contribution in [0.4, 0.5) is 4.39 Å². The first-order valence-electron chi connectivity index (χ1n) is 9.08. The largest absolute Gasteiger partial charge is 0.353 e. The van der Waals surface area contributed by atoms with Crippen LogP contribution in [0.1, 0.15) is 25.0 Å². The van der Waals surface area contributed by atoms with Gasteiger partial charge < -0.3 is 15.5 Å². The van der Waals surface area contributed by atoms with Crippen molar-refractivity contribution in [3.8, 4) is 6.07 Å². The van der Waals surface area contributed by atoms with Gasteiger partial charge in [-0.1, -0.05) is 0 Å². The van der Waals surface area contributed by atoms with E-state index in [1.807, 2.05) is 19.9 Å². The Balaban J connectivity index is 0.00000392. The summed E-state index contributed by atoms with van der Waals surface area (Å²) in [5, 5.41) is 15.0. The molecule has 1 aliphatic rings. The summed E-state index contributed by atoms with van der Waals surface area (Å²) in [5.41, 5.74) is 0.857. The predicted molar refractivity (Wildman–Crippen MR) is 118 cm³/mol. The Morgan fingerprint density at radius 1 is 1.32 bits per heavy atom. The number of nitrogens with zero attached hydrogens (tertiary/aromatic N) is 4. The molecule has 1 aromatic carbocycles. The summed E-state index contributed by atoms with van der Waals surface area (Å²) >= 11 is 0. The third-order valence-corrected chi connectivity index (χ3v) is 4.31. The van der Waals surface area contributed by atoms with Gasteiger partial charge in [-0.2, -0.15) is 5.26 Å². The first kappa shape index (κ1) is 24.1. The van der Waals surface area contributed by atoms with Crippen molar-refractivity contribution in [2.45, 2.75) is 26.4 Å². The second-order valence-corrected chi connectivity index (χ2v) is 6.80. The van der Waals surface area contributed by atoms with Crippen LogP contribution in [0.15, 0.2) is 23.2 Å². The van der Waals surface area contributed by atoms with Crippen LogP contribution in [-0.4, -0.2) is 67.5 Å². The molecule has 0 unspecified atom stereocenters. The minimum atomic E-state index is -0.349. The molecule has 1 heterocycles. The molecule has 0 spiro atoms. The fourth-order valence-electron chi connectivity index (χ4n) is 2.97. The molecule has 7 nitrogen and oxygen atoms in total. The minimum absolute atomic E-state index is 0. The van der Waals surface area contributed by atoms with E-state index < -0.39 is 0 Å². The van der Waals surface area contributed by atoms with E-state index >= 15 is 0 Å². The maximum absolute atomic E-state index is 13.9. The summed E-state index contributed by atoms with van der Waals surface area (Å²) in [4.78, 5) is 20.3. The maximum Gasteiger partial charge on any atom is 0.234 e. The maximum atomic E-state index is 13.9. The van der Waals surface area contributed by atoms with Crippen LogP contribution in [-0.2, 0) is 11.3 Å². The number of piperazine rings is 1. The summed E-state index contributed by atoms with van der Waals surface area (Å²) in [5.74, 6) is 0.370. The van der Waals surface area contributed by atoms with E-state index in [1.165, 1.54) is 12.1 Å². The number of nitriles is 1. The summed E-state index contributed by atoms with van der Waals surface area (Å²) in [6, 6.07) is 6.47. The zero-order chi connectivity index (χ0) is 19.8. The van der Waals surface area contributed by atoms with Gasteiger partial charge in [0.1, 0.15) is 5.82 Å². The van der Waals surface area contributed by atoms with Crippen molar-refractivity contribution in [3.05, 3.63) is 35.1 Å². The van der Waals surface area contributed by atoms with E-state index in [0.717, 1.165) is 26.2 Å². The molecule has 0 saturated carbocycles. The third-order valence-electron chi connectivity index (χ3n) is 4.31. The van der Waals surface area contributed by atoms with Gasteiger partial charge in [0.2, 0.25) is 5.91 Å². The molecular weight excluding hydrogens is 474 g/mol. The quantitative estimate of drug-likeness (QED) is 0.363. The number of rotatable bonds is 5. The number of benzene rings is 1. The molecule has 1 amide bonds. The molecule has 2 rings (SSSR count). The van der Waals surface area contributed by atoms with Crippen LogP contribution in [0.3, 0.4) is 0 Å². The number of carbonyl (C=O) groups is 1. The number of carbonyl (C=O) groups excluding carboxylic acids is 1. The van der Waals surface area contributed by atoms with Gasteiger partial charge >= 0.3 is 0 Å². The van der Waals surface area contributed by atoms with Gasteiger partial charge in [-0.25, -0.2) is 4.39 Å². The number of hydrogen-bond acceptors (Lipinski definition) is 4. The number of halogens is 2. The highest BCUT2D eigenvalue weighted by atomic mass is 127. The smallest absolute Gasteiger partial charge is 0.234 e. The van der Waals surface area contributed by atoms with Crippen molar-refractivity contribution >= 4 is 35.8 Å². The van der Waals surface area contributed by atoms with E-state index in [9.17, 15) is 9.18 Å². The minimum Gasteiger partial charge on any atom is -0.353 e. The number of aliphatic imine (C=N–C) groups is 1. The predicted octanol–water partition coefficient (Wildman–Crippen LogP) is 1.53. The molecule has 28 heavy (non-hydrogen) atoms. The van der Waals surface area contributed by atoms with Crippen molar-refractivity contribution in [1.82, 2.24) is 20.4 Å². The van der Waals surface area contributed by atoms with Crippen molar-refractivity contribution in [3.63, 3.8) is 0 Å².